The number of carboxylic acid groups (broad SMARTS) is 1. The van der Waals surface area contributed by atoms with Crippen LogP contribution >= 0.6 is 0 Å². The van der Waals surface area contributed by atoms with Crippen molar-refractivity contribution in [2.24, 2.45) is 16.3 Å². The Balaban J connectivity index is 2.98. The maximum Gasteiger partial charge on any atom is 0.328 e. The van der Waals surface area contributed by atoms with Gasteiger partial charge in [-0.15, -0.1) is 0 Å². The van der Waals surface area contributed by atoms with E-state index < -0.39 is 5.97 Å². The average Bonchev–Trinajstić information content (AvgIpc) is 2.56. The van der Waals surface area contributed by atoms with Crippen molar-refractivity contribution in [2.75, 3.05) is 13.2 Å². The summed E-state index contributed by atoms with van der Waals surface area (Å²) in [5.74, 6) is -0.937. The van der Waals surface area contributed by atoms with E-state index in [9.17, 15) is 4.79 Å². The molecule has 148 valence electrons. The second kappa shape index (κ2) is 10.7. The Labute approximate surface area is 162 Å². The van der Waals surface area contributed by atoms with Crippen LogP contribution in [-0.4, -0.2) is 29.9 Å². The third-order valence-electron chi connectivity index (χ3n) is 4.52. The first-order valence-corrected chi connectivity index (χ1v) is 9.22. The fourth-order valence-corrected chi connectivity index (χ4v) is 2.92. The fraction of sp³-hybridized carbons (Fsp3) is 0.455. The maximum atomic E-state index is 10.6. The van der Waals surface area contributed by atoms with Crippen LogP contribution in [0.4, 0.5) is 0 Å². The van der Waals surface area contributed by atoms with E-state index in [4.69, 9.17) is 15.7 Å². The molecule has 0 aromatic rings. The summed E-state index contributed by atoms with van der Waals surface area (Å²) in [6.07, 6.45) is 12.9. The van der Waals surface area contributed by atoms with Gasteiger partial charge in [0.25, 0.3) is 0 Å². The molecule has 5 nitrogen and oxygen atoms in total. The number of allylic oxidation sites excluding steroid dienone is 9. The van der Waals surface area contributed by atoms with Crippen LogP contribution in [0.25, 0.3) is 0 Å². The highest BCUT2D eigenvalue weighted by atomic mass is 16.6. The van der Waals surface area contributed by atoms with Crippen molar-refractivity contribution in [2.45, 2.75) is 47.5 Å². The zero-order valence-corrected chi connectivity index (χ0v) is 17.1. The third-order valence-corrected chi connectivity index (χ3v) is 4.52. The minimum absolute atomic E-state index is 0.0738. The molecule has 0 atom stereocenters. The molecule has 0 saturated heterocycles. The van der Waals surface area contributed by atoms with E-state index >= 15 is 0 Å². The minimum Gasteiger partial charge on any atom is -0.478 e. The molecule has 0 amide bonds. The molecule has 27 heavy (non-hydrogen) atoms. The lowest BCUT2D eigenvalue weighted by molar-refractivity contribution is -0.131. The lowest BCUT2D eigenvalue weighted by Gasteiger charge is -2.33. The molecule has 0 radical (unpaired) electrons. The van der Waals surface area contributed by atoms with Gasteiger partial charge in [0, 0.05) is 12.6 Å². The van der Waals surface area contributed by atoms with E-state index in [2.05, 4.69) is 38.1 Å². The summed E-state index contributed by atoms with van der Waals surface area (Å²) in [7, 11) is 0. The van der Waals surface area contributed by atoms with Gasteiger partial charge in [0.15, 0.2) is 0 Å². The number of hydrogen-bond donors (Lipinski definition) is 2. The first kappa shape index (κ1) is 22.6. The van der Waals surface area contributed by atoms with E-state index in [-0.39, 0.29) is 5.41 Å². The Bertz CT molecular complexity index is 720. The molecule has 0 aromatic heterocycles. The monoisotopic (exact) mass is 372 g/mol. The van der Waals surface area contributed by atoms with E-state index in [1.807, 2.05) is 19.1 Å². The normalized spacial score (nSPS) is 20.1. The van der Waals surface area contributed by atoms with Crippen molar-refractivity contribution in [1.29, 1.82) is 0 Å². The van der Waals surface area contributed by atoms with Gasteiger partial charge in [-0.3, -0.25) is 0 Å². The number of rotatable bonds is 8. The van der Waals surface area contributed by atoms with E-state index in [0.717, 1.165) is 29.7 Å². The largest absolute Gasteiger partial charge is 0.478 e. The van der Waals surface area contributed by atoms with Crippen LogP contribution < -0.4 is 5.73 Å². The molecule has 0 fully saturated rings. The van der Waals surface area contributed by atoms with Crippen LogP contribution in [0.1, 0.15) is 47.5 Å². The highest BCUT2D eigenvalue weighted by Crippen LogP contribution is 2.40. The first-order valence-electron chi connectivity index (χ1n) is 9.22. The number of hydrogen-bond acceptors (Lipinski definition) is 4. The van der Waals surface area contributed by atoms with Gasteiger partial charge in [-0.25, -0.2) is 4.79 Å². The zero-order chi connectivity index (χ0) is 20.4. The van der Waals surface area contributed by atoms with Crippen LogP contribution in [-0.2, 0) is 9.63 Å². The average molecular weight is 373 g/mol. The molecule has 5 heteroatoms. The van der Waals surface area contributed by atoms with E-state index in [1.165, 1.54) is 11.6 Å². The van der Waals surface area contributed by atoms with Crippen molar-refractivity contribution >= 4 is 11.7 Å². The van der Waals surface area contributed by atoms with Gasteiger partial charge in [0.05, 0.1) is 5.71 Å². The van der Waals surface area contributed by atoms with Crippen LogP contribution in [0.5, 0.6) is 0 Å². The highest BCUT2D eigenvalue weighted by molar-refractivity contribution is 6.01. The van der Waals surface area contributed by atoms with E-state index in [0.29, 0.717) is 18.7 Å². The summed E-state index contributed by atoms with van der Waals surface area (Å²) < 4.78 is 0. The molecule has 0 aromatic carbocycles. The van der Waals surface area contributed by atoms with Gasteiger partial charge in [-0.2, -0.15) is 0 Å². The minimum atomic E-state index is -0.937. The molecular weight excluding hydrogens is 340 g/mol. The Hall–Kier alpha value is -2.40. The van der Waals surface area contributed by atoms with Crippen LogP contribution in [0.15, 0.2) is 63.9 Å². The summed E-state index contributed by atoms with van der Waals surface area (Å²) in [6.45, 7) is 11.2. The highest BCUT2D eigenvalue weighted by Gasteiger charge is 2.30. The van der Waals surface area contributed by atoms with Gasteiger partial charge in [-0.05, 0) is 55.7 Å². The molecule has 1 aliphatic rings. The van der Waals surface area contributed by atoms with Gasteiger partial charge in [-0.1, -0.05) is 55.0 Å². The smallest absolute Gasteiger partial charge is 0.328 e. The van der Waals surface area contributed by atoms with Crippen LogP contribution in [0, 0.1) is 5.41 Å². The predicted molar refractivity (Wildman–Crippen MR) is 112 cm³/mol. The van der Waals surface area contributed by atoms with Crippen LogP contribution in [0.2, 0.25) is 0 Å². The number of carboxylic acids is 1. The molecule has 0 unspecified atom stereocenters. The number of nitrogens with zero attached hydrogens (tertiary/aromatic N) is 1. The summed E-state index contributed by atoms with van der Waals surface area (Å²) in [4.78, 5) is 15.9. The molecule has 0 bridgehead atoms. The fourth-order valence-electron chi connectivity index (χ4n) is 2.92. The summed E-state index contributed by atoms with van der Waals surface area (Å²) >= 11 is 0. The first-order chi connectivity index (χ1) is 12.7. The second-order valence-electron chi connectivity index (χ2n) is 7.41. The lowest BCUT2D eigenvalue weighted by Crippen LogP contribution is -2.24. The van der Waals surface area contributed by atoms with Crippen molar-refractivity contribution in [1.82, 2.24) is 0 Å². The van der Waals surface area contributed by atoms with Gasteiger partial charge >= 0.3 is 5.97 Å². The van der Waals surface area contributed by atoms with Crippen molar-refractivity contribution in [3.05, 3.63) is 58.7 Å². The van der Waals surface area contributed by atoms with Gasteiger partial charge in [0.2, 0.25) is 0 Å². The van der Waals surface area contributed by atoms with Crippen molar-refractivity contribution in [3.8, 4) is 0 Å². The molecule has 0 aliphatic heterocycles. The lowest BCUT2D eigenvalue weighted by atomic mass is 9.72. The zero-order valence-electron chi connectivity index (χ0n) is 17.1. The number of nitrogens with two attached hydrogens (primary N) is 1. The van der Waals surface area contributed by atoms with Crippen molar-refractivity contribution < 1.29 is 14.7 Å². The number of oxime groups is 1. The predicted octanol–water partition coefficient (Wildman–Crippen LogP) is 4.54. The molecule has 0 heterocycles. The summed E-state index contributed by atoms with van der Waals surface area (Å²) in [5, 5.41) is 13.0. The molecular formula is C22H32N2O3. The summed E-state index contributed by atoms with van der Waals surface area (Å²) in [6, 6.07) is 0. The topological polar surface area (TPSA) is 84.9 Å². The number of aliphatic carboxylic acids is 1. The number of carbonyl (C=O) groups is 1. The standard InChI is InChI=1S/C22H32N2O3/c1-16(7-6-8-17(2)15-21(25)26)9-10-19-18(3)20(24-27-14-13-23)11-12-22(19,4)5/h6-10,15H,11-14,23H2,1-5H3,(H,25,26)/b8-6+,10-9+,16-7+,17-15+,24-20-. The maximum absolute atomic E-state index is 10.6. The Kier molecular flexibility index (Phi) is 8.95. The molecule has 3 N–H and O–H groups in total. The molecule has 1 rings (SSSR count). The third kappa shape index (κ3) is 7.79. The molecule has 0 spiro atoms. The van der Waals surface area contributed by atoms with Gasteiger partial charge in [0.1, 0.15) is 6.61 Å². The Morgan fingerprint density at radius 3 is 2.63 bits per heavy atom. The quantitative estimate of drug-likeness (QED) is 0.283. The Morgan fingerprint density at radius 1 is 1.30 bits per heavy atom. The second-order valence-corrected chi connectivity index (χ2v) is 7.41. The van der Waals surface area contributed by atoms with Gasteiger partial charge < -0.3 is 15.7 Å². The summed E-state index contributed by atoms with van der Waals surface area (Å²) in [5.41, 5.74) is 10.7. The Morgan fingerprint density at radius 2 is 2.00 bits per heavy atom. The SMILES string of the molecule is CC1=C(/C=C/C(C)=C/C=C/C(C)=C/C(=O)O)C(C)(C)CC/C1=N/OCCN. The van der Waals surface area contributed by atoms with Crippen LogP contribution in [0.3, 0.4) is 0 Å². The van der Waals surface area contributed by atoms with Crippen molar-refractivity contribution in [3.63, 3.8) is 0 Å². The van der Waals surface area contributed by atoms with E-state index in [1.54, 1.807) is 13.0 Å². The molecule has 1 aliphatic carbocycles. The molecule has 0 saturated carbocycles.